The molecule has 1 aromatic heterocycles. The number of thiazole rings is 1. The van der Waals surface area contributed by atoms with Gasteiger partial charge in [-0.05, 0) is 69.1 Å². The van der Waals surface area contributed by atoms with E-state index >= 15 is 0 Å². The third kappa shape index (κ3) is 4.96. The molecular formula is C27H34F2N2O2S. The summed E-state index contributed by atoms with van der Waals surface area (Å²) >= 11 is 1.70. The summed E-state index contributed by atoms with van der Waals surface area (Å²) in [7, 11) is 0. The number of aromatic nitrogens is 1. The van der Waals surface area contributed by atoms with Crippen molar-refractivity contribution >= 4 is 17.2 Å². The molecule has 1 N–H and O–H groups in total. The van der Waals surface area contributed by atoms with Gasteiger partial charge in [0.2, 0.25) is 0 Å². The minimum Gasteiger partial charge on any atom is -0.379 e. The topological polar surface area (TPSA) is 53.4 Å². The van der Waals surface area contributed by atoms with Gasteiger partial charge in [0.15, 0.2) is 5.60 Å². The Hall–Kier alpha value is -2.12. The van der Waals surface area contributed by atoms with Gasteiger partial charge >= 0.3 is 0 Å². The van der Waals surface area contributed by atoms with E-state index in [0.717, 1.165) is 58.1 Å². The van der Waals surface area contributed by atoms with Crippen LogP contribution in [0.25, 0.3) is 0 Å². The lowest BCUT2D eigenvalue weighted by Gasteiger charge is -2.41. The molecule has 4 rings (SSSR count). The number of hydrogen-bond acceptors (Lipinski definition) is 4. The number of hydrogen-bond donors (Lipinski definition) is 1. The predicted molar refractivity (Wildman–Crippen MR) is 131 cm³/mol. The van der Waals surface area contributed by atoms with E-state index in [9.17, 15) is 18.7 Å². The van der Waals surface area contributed by atoms with E-state index < -0.39 is 17.9 Å². The highest BCUT2D eigenvalue weighted by Crippen LogP contribution is 2.43. The maximum atomic E-state index is 14.4. The third-order valence-electron chi connectivity index (χ3n) is 7.67. The molecule has 0 radical (unpaired) electrons. The van der Waals surface area contributed by atoms with Gasteiger partial charge in [-0.25, -0.2) is 13.8 Å². The zero-order valence-electron chi connectivity index (χ0n) is 20.0. The van der Waals surface area contributed by atoms with E-state index in [1.165, 1.54) is 17.1 Å². The molecule has 1 aromatic carbocycles. The highest BCUT2D eigenvalue weighted by Gasteiger charge is 2.49. The molecule has 2 saturated carbocycles. The predicted octanol–water partition coefficient (Wildman–Crippen LogP) is 6.31. The first kappa shape index (κ1) is 25.0. The third-order valence-corrected chi connectivity index (χ3v) is 8.75. The first-order chi connectivity index (χ1) is 16.1. The Kier molecular flexibility index (Phi) is 6.98. The zero-order valence-corrected chi connectivity index (χ0v) is 20.8. The molecule has 184 valence electrons. The van der Waals surface area contributed by atoms with Crippen LogP contribution in [-0.4, -0.2) is 39.4 Å². The number of rotatable bonds is 9. The van der Waals surface area contributed by atoms with Crippen LogP contribution in [0, 0.1) is 5.92 Å². The number of halogens is 2. The average molecular weight is 489 g/mol. The molecule has 2 aliphatic carbocycles. The molecule has 2 aromatic rings. The number of benzene rings is 1. The fraction of sp³-hybridized carbons (Fsp3) is 0.556. The largest absolute Gasteiger partial charge is 0.379 e. The second-order valence-corrected chi connectivity index (χ2v) is 11.3. The molecule has 0 spiro atoms. The molecule has 0 saturated heterocycles. The summed E-state index contributed by atoms with van der Waals surface area (Å²) in [6.07, 6.45) is 8.45. The molecule has 4 nitrogen and oxygen atoms in total. The monoisotopic (exact) mass is 488 g/mol. The molecule has 0 unspecified atom stereocenters. The first-order valence-corrected chi connectivity index (χ1v) is 13.0. The summed E-state index contributed by atoms with van der Waals surface area (Å²) in [6, 6.07) is 6.19. The van der Waals surface area contributed by atoms with Crippen molar-refractivity contribution in [3.8, 4) is 0 Å². The van der Waals surface area contributed by atoms with Crippen molar-refractivity contribution < 1.29 is 18.7 Å². The maximum Gasteiger partial charge on any atom is 0.283 e. The molecule has 1 atom stereocenters. The summed E-state index contributed by atoms with van der Waals surface area (Å²) in [4.78, 5) is 20.1. The molecule has 0 bridgehead atoms. The Morgan fingerprint density at radius 3 is 2.44 bits per heavy atom. The van der Waals surface area contributed by atoms with Crippen LogP contribution in [0.1, 0.15) is 79.7 Å². The van der Waals surface area contributed by atoms with Crippen molar-refractivity contribution in [2.24, 2.45) is 5.92 Å². The van der Waals surface area contributed by atoms with E-state index in [4.69, 9.17) is 0 Å². The standard InChI is InChI=1S/C27H34F2N2O2S/c1-4-13-27(28,29)26(3,33)21-9-7-20(8-10-21)23(32)31(18-19-5-6-19)22-11-14-25(2,15-12-22)24-30-16-17-34-24/h4,7-10,16-17,19,22,33H,1,5-6,11-15,18H2,2-3H3/t22?,25?,26-/m0/s1. The Labute approximate surface area is 204 Å². The highest BCUT2D eigenvalue weighted by atomic mass is 32.1. The molecule has 1 amide bonds. The van der Waals surface area contributed by atoms with Gasteiger partial charge in [-0.3, -0.25) is 4.79 Å². The lowest BCUT2D eigenvalue weighted by atomic mass is 9.74. The second kappa shape index (κ2) is 9.50. The Morgan fingerprint density at radius 2 is 1.91 bits per heavy atom. The van der Waals surface area contributed by atoms with Crippen molar-refractivity contribution in [2.45, 2.75) is 81.8 Å². The van der Waals surface area contributed by atoms with Gasteiger partial charge in [-0.2, -0.15) is 0 Å². The van der Waals surface area contributed by atoms with Crippen molar-refractivity contribution in [2.75, 3.05) is 6.54 Å². The van der Waals surface area contributed by atoms with Crippen LogP contribution >= 0.6 is 11.3 Å². The summed E-state index contributed by atoms with van der Waals surface area (Å²) in [6.45, 7) is 7.48. The van der Waals surface area contributed by atoms with Crippen LogP contribution < -0.4 is 0 Å². The Balaban J connectivity index is 1.49. The van der Waals surface area contributed by atoms with Crippen molar-refractivity contribution in [1.82, 2.24) is 9.88 Å². The minimum atomic E-state index is -3.36. The Bertz CT molecular complexity index is 992. The van der Waals surface area contributed by atoms with Gasteiger partial charge < -0.3 is 10.0 Å². The summed E-state index contributed by atoms with van der Waals surface area (Å²) in [5.74, 6) is -2.86. The van der Waals surface area contributed by atoms with Gasteiger partial charge in [-0.1, -0.05) is 25.1 Å². The maximum absolute atomic E-state index is 14.4. The number of allylic oxidation sites excluding steroid dienone is 1. The van der Waals surface area contributed by atoms with E-state index in [2.05, 4.69) is 18.5 Å². The smallest absolute Gasteiger partial charge is 0.283 e. The van der Waals surface area contributed by atoms with Gasteiger partial charge in [0.25, 0.3) is 11.8 Å². The lowest BCUT2D eigenvalue weighted by molar-refractivity contribution is -0.175. The fourth-order valence-electron chi connectivity index (χ4n) is 4.96. The quantitative estimate of drug-likeness (QED) is 0.421. The SMILES string of the molecule is C=CCC(F)(F)[C@@](C)(O)c1ccc(C(=O)N(CC2CC2)C2CCC(C)(c3nccs3)CC2)cc1. The van der Waals surface area contributed by atoms with E-state index in [-0.39, 0.29) is 22.9 Å². The van der Waals surface area contributed by atoms with Gasteiger partial charge in [0, 0.05) is 41.6 Å². The van der Waals surface area contributed by atoms with Gasteiger partial charge in [-0.15, -0.1) is 17.9 Å². The second-order valence-electron chi connectivity index (χ2n) is 10.4. The summed E-state index contributed by atoms with van der Waals surface area (Å²) in [5, 5.41) is 13.7. The van der Waals surface area contributed by atoms with Crippen LogP contribution in [0.15, 0.2) is 48.5 Å². The van der Waals surface area contributed by atoms with Crippen LogP contribution in [0.3, 0.4) is 0 Å². The number of nitrogens with zero attached hydrogens (tertiary/aromatic N) is 2. The zero-order chi connectivity index (χ0) is 24.6. The first-order valence-electron chi connectivity index (χ1n) is 12.1. The molecule has 34 heavy (non-hydrogen) atoms. The van der Waals surface area contributed by atoms with Crippen molar-refractivity contribution in [1.29, 1.82) is 0 Å². The van der Waals surface area contributed by atoms with E-state index in [0.29, 0.717) is 11.5 Å². The number of amides is 1. The molecule has 2 aliphatic rings. The van der Waals surface area contributed by atoms with Gasteiger partial charge in [0.1, 0.15) is 0 Å². The highest BCUT2D eigenvalue weighted by molar-refractivity contribution is 7.09. The lowest BCUT2D eigenvalue weighted by Crippen LogP contribution is -2.45. The number of carbonyl (C=O) groups excluding carboxylic acids is 1. The number of carbonyl (C=O) groups is 1. The number of aliphatic hydroxyl groups is 1. The minimum absolute atomic E-state index is 0.0567. The van der Waals surface area contributed by atoms with Crippen molar-refractivity contribution in [3.63, 3.8) is 0 Å². The number of alkyl halides is 2. The molecule has 0 aliphatic heterocycles. The molecule has 7 heteroatoms. The Morgan fingerprint density at radius 1 is 1.26 bits per heavy atom. The summed E-state index contributed by atoms with van der Waals surface area (Å²) < 4.78 is 28.9. The van der Waals surface area contributed by atoms with Crippen LogP contribution in [0.2, 0.25) is 0 Å². The van der Waals surface area contributed by atoms with Crippen LogP contribution in [-0.2, 0) is 11.0 Å². The van der Waals surface area contributed by atoms with Crippen molar-refractivity contribution in [3.05, 3.63) is 64.6 Å². The fourth-order valence-corrected chi connectivity index (χ4v) is 5.82. The molecular weight excluding hydrogens is 454 g/mol. The van der Waals surface area contributed by atoms with Gasteiger partial charge in [0.05, 0.1) is 5.01 Å². The van der Waals surface area contributed by atoms with Crippen LogP contribution in [0.5, 0.6) is 0 Å². The van der Waals surface area contributed by atoms with E-state index in [1.807, 2.05) is 16.5 Å². The molecule has 2 fully saturated rings. The normalized spacial score (nSPS) is 24.9. The molecule has 1 heterocycles. The van der Waals surface area contributed by atoms with Crippen LogP contribution in [0.4, 0.5) is 8.78 Å². The van der Waals surface area contributed by atoms with E-state index in [1.54, 1.807) is 23.5 Å². The average Bonchev–Trinajstić information content (AvgIpc) is 3.45. The summed E-state index contributed by atoms with van der Waals surface area (Å²) in [5.41, 5.74) is -1.73.